The first-order valence-corrected chi connectivity index (χ1v) is 5.60. The van der Waals surface area contributed by atoms with Gasteiger partial charge in [0, 0.05) is 5.56 Å². The molecule has 0 radical (unpaired) electrons. The molecule has 0 atom stereocenters. The Balaban J connectivity index is 2.22. The lowest BCUT2D eigenvalue weighted by atomic mass is 10.2. The van der Waals surface area contributed by atoms with Gasteiger partial charge in [0.2, 0.25) is 0 Å². The number of carbonyl (C=O) groups is 1. The highest BCUT2D eigenvalue weighted by atomic mass is 19.1. The van der Waals surface area contributed by atoms with Crippen LogP contribution in [0.25, 0.3) is 0 Å². The third-order valence-electron chi connectivity index (χ3n) is 2.60. The van der Waals surface area contributed by atoms with Crippen LogP contribution in [0.5, 0.6) is 5.75 Å². The summed E-state index contributed by atoms with van der Waals surface area (Å²) < 4.78 is 18.1. The molecule has 1 amide bonds. The summed E-state index contributed by atoms with van der Waals surface area (Å²) in [6.07, 6.45) is 0. The molecule has 2 aromatic rings. The Kier molecular flexibility index (Phi) is 3.66. The molecule has 0 saturated heterocycles. The number of benzene rings is 2. The molecule has 0 bridgehead atoms. The molecule has 0 fully saturated rings. The molecule has 3 N–H and O–H groups in total. The summed E-state index contributed by atoms with van der Waals surface area (Å²) in [6.45, 7) is 0. The summed E-state index contributed by atoms with van der Waals surface area (Å²) in [7, 11) is 1.52. The van der Waals surface area contributed by atoms with E-state index in [2.05, 4.69) is 5.32 Å². The Bertz CT molecular complexity index is 614. The molecule has 0 aromatic heterocycles. The van der Waals surface area contributed by atoms with Crippen molar-refractivity contribution in [2.45, 2.75) is 0 Å². The number of methoxy groups -OCH3 is 1. The lowest BCUT2D eigenvalue weighted by Gasteiger charge is -2.09. The van der Waals surface area contributed by atoms with Gasteiger partial charge in [0.05, 0.1) is 18.5 Å². The summed E-state index contributed by atoms with van der Waals surface area (Å²) >= 11 is 0. The normalized spacial score (nSPS) is 10.0. The van der Waals surface area contributed by atoms with Gasteiger partial charge in [-0.2, -0.15) is 0 Å². The number of hydrogen-bond donors (Lipinski definition) is 2. The first kappa shape index (κ1) is 12.9. The van der Waals surface area contributed by atoms with Crippen LogP contribution in [0.15, 0.2) is 42.5 Å². The van der Waals surface area contributed by atoms with Crippen LogP contribution in [-0.2, 0) is 0 Å². The molecule has 19 heavy (non-hydrogen) atoms. The van der Waals surface area contributed by atoms with Gasteiger partial charge in [-0.3, -0.25) is 4.79 Å². The predicted molar refractivity (Wildman–Crippen MR) is 71.8 cm³/mol. The van der Waals surface area contributed by atoms with Crippen molar-refractivity contribution in [3.63, 3.8) is 0 Å². The van der Waals surface area contributed by atoms with Crippen molar-refractivity contribution < 1.29 is 13.9 Å². The van der Waals surface area contributed by atoms with Crippen LogP contribution in [0, 0.1) is 5.82 Å². The SMILES string of the molecule is COc1cccc(C(=O)Nc2cc(F)ccc2N)c1. The summed E-state index contributed by atoms with van der Waals surface area (Å²) in [5.41, 5.74) is 6.62. The summed E-state index contributed by atoms with van der Waals surface area (Å²) in [4.78, 5) is 12.0. The molecule has 0 saturated carbocycles. The van der Waals surface area contributed by atoms with E-state index in [9.17, 15) is 9.18 Å². The second-order valence-corrected chi connectivity index (χ2v) is 3.92. The minimum Gasteiger partial charge on any atom is -0.497 e. The van der Waals surface area contributed by atoms with E-state index in [-0.39, 0.29) is 11.6 Å². The Hall–Kier alpha value is -2.56. The number of amides is 1. The molecule has 0 aliphatic rings. The Morgan fingerprint density at radius 1 is 1.26 bits per heavy atom. The average Bonchev–Trinajstić information content (AvgIpc) is 2.43. The van der Waals surface area contributed by atoms with Crippen LogP contribution >= 0.6 is 0 Å². The van der Waals surface area contributed by atoms with E-state index in [0.29, 0.717) is 17.0 Å². The van der Waals surface area contributed by atoms with Crippen molar-refractivity contribution in [3.8, 4) is 5.75 Å². The quantitative estimate of drug-likeness (QED) is 0.834. The van der Waals surface area contributed by atoms with Crippen molar-refractivity contribution in [1.82, 2.24) is 0 Å². The summed E-state index contributed by atoms with van der Waals surface area (Å²) in [5, 5.41) is 2.56. The van der Waals surface area contributed by atoms with Gasteiger partial charge in [-0.05, 0) is 36.4 Å². The maximum atomic E-state index is 13.1. The minimum absolute atomic E-state index is 0.243. The fourth-order valence-corrected chi connectivity index (χ4v) is 1.60. The maximum Gasteiger partial charge on any atom is 0.255 e. The highest BCUT2D eigenvalue weighted by Gasteiger charge is 2.09. The largest absolute Gasteiger partial charge is 0.497 e. The molecule has 2 rings (SSSR count). The first-order valence-electron chi connectivity index (χ1n) is 5.60. The van der Waals surface area contributed by atoms with E-state index in [0.717, 1.165) is 0 Å². The van der Waals surface area contributed by atoms with Gasteiger partial charge in [-0.15, -0.1) is 0 Å². The average molecular weight is 260 g/mol. The number of halogens is 1. The van der Waals surface area contributed by atoms with Gasteiger partial charge in [-0.25, -0.2) is 4.39 Å². The molecular weight excluding hydrogens is 247 g/mol. The maximum absolute atomic E-state index is 13.1. The second kappa shape index (κ2) is 5.39. The fraction of sp³-hybridized carbons (Fsp3) is 0.0714. The molecule has 0 aliphatic carbocycles. The van der Waals surface area contributed by atoms with Crippen molar-refractivity contribution in [3.05, 3.63) is 53.8 Å². The van der Waals surface area contributed by atoms with Gasteiger partial charge >= 0.3 is 0 Å². The van der Waals surface area contributed by atoms with E-state index in [4.69, 9.17) is 10.5 Å². The van der Waals surface area contributed by atoms with Crippen LogP contribution in [0.3, 0.4) is 0 Å². The molecule has 0 heterocycles. The second-order valence-electron chi connectivity index (χ2n) is 3.92. The topological polar surface area (TPSA) is 64.3 Å². The van der Waals surface area contributed by atoms with Crippen LogP contribution in [0.1, 0.15) is 10.4 Å². The fourth-order valence-electron chi connectivity index (χ4n) is 1.60. The number of nitrogen functional groups attached to an aromatic ring is 1. The zero-order valence-electron chi connectivity index (χ0n) is 10.3. The monoisotopic (exact) mass is 260 g/mol. The zero-order chi connectivity index (χ0) is 13.8. The van der Waals surface area contributed by atoms with Crippen LogP contribution in [0.2, 0.25) is 0 Å². The number of anilines is 2. The van der Waals surface area contributed by atoms with Gasteiger partial charge in [-0.1, -0.05) is 6.07 Å². The van der Waals surface area contributed by atoms with Gasteiger partial charge in [0.1, 0.15) is 11.6 Å². The molecular formula is C14H13FN2O2. The number of nitrogens with two attached hydrogens (primary N) is 1. The van der Waals surface area contributed by atoms with Gasteiger partial charge < -0.3 is 15.8 Å². The molecule has 4 nitrogen and oxygen atoms in total. The number of hydrogen-bond acceptors (Lipinski definition) is 3. The Morgan fingerprint density at radius 2 is 2.05 bits per heavy atom. The van der Waals surface area contributed by atoms with Crippen LogP contribution in [0.4, 0.5) is 15.8 Å². The van der Waals surface area contributed by atoms with Crippen molar-refractivity contribution >= 4 is 17.3 Å². The Morgan fingerprint density at radius 3 is 2.79 bits per heavy atom. The highest BCUT2D eigenvalue weighted by molar-refractivity contribution is 6.05. The first-order chi connectivity index (χ1) is 9.10. The number of carbonyl (C=O) groups excluding carboxylic acids is 1. The van der Waals surface area contributed by atoms with Crippen LogP contribution < -0.4 is 15.8 Å². The van der Waals surface area contributed by atoms with Crippen molar-refractivity contribution in [2.24, 2.45) is 0 Å². The summed E-state index contributed by atoms with van der Waals surface area (Å²) in [6, 6.07) is 10.5. The molecule has 98 valence electrons. The van der Waals surface area contributed by atoms with Crippen molar-refractivity contribution in [2.75, 3.05) is 18.2 Å². The third-order valence-corrected chi connectivity index (χ3v) is 2.60. The minimum atomic E-state index is -0.463. The zero-order valence-corrected chi connectivity index (χ0v) is 10.3. The smallest absolute Gasteiger partial charge is 0.255 e. The van der Waals surface area contributed by atoms with E-state index in [1.165, 1.54) is 25.3 Å². The lowest BCUT2D eigenvalue weighted by molar-refractivity contribution is 0.102. The van der Waals surface area contributed by atoms with E-state index in [1.54, 1.807) is 24.3 Å². The van der Waals surface area contributed by atoms with Crippen LogP contribution in [-0.4, -0.2) is 13.0 Å². The van der Waals surface area contributed by atoms with Gasteiger partial charge in [0.15, 0.2) is 0 Å². The number of ether oxygens (including phenoxy) is 1. The predicted octanol–water partition coefficient (Wildman–Crippen LogP) is 2.67. The molecule has 0 aliphatic heterocycles. The lowest BCUT2D eigenvalue weighted by Crippen LogP contribution is -2.13. The van der Waals surface area contributed by atoms with E-state index < -0.39 is 5.82 Å². The van der Waals surface area contributed by atoms with E-state index in [1.807, 2.05) is 0 Å². The summed E-state index contributed by atoms with van der Waals surface area (Å²) in [5.74, 6) is -0.272. The molecule has 0 unspecified atom stereocenters. The third kappa shape index (κ3) is 3.01. The molecule has 2 aromatic carbocycles. The highest BCUT2D eigenvalue weighted by Crippen LogP contribution is 2.21. The van der Waals surface area contributed by atoms with E-state index >= 15 is 0 Å². The van der Waals surface area contributed by atoms with Gasteiger partial charge in [0.25, 0.3) is 5.91 Å². The number of nitrogens with one attached hydrogen (secondary N) is 1. The standard InChI is InChI=1S/C14H13FN2O2/c1-19-11-4-2-3-9(7-11)14(18)17-13-8-10(15)5-6-12(13)16/h2-8H,16H2,1H3,(H,17,18). The number of rotatable bonds is 3. The molecule has 5 heteroatoms. The molecule has 0 spiro atoms. The Labute approximate surface area is 110 Å². The van der Waals surface area contributed by atoms with Crippen molar-refractivity contribution in [1.29, 1.82) is 0 Å².